The highest BCUT2D eigenvalue weighted by Crippen LogP contribution is 2.21. The summed E-state index contributed by atoms with van der Waals surface area (Å²) in [7, 11) is 0.0189. The van der Waals surface area contributed by atoms with E-state index in [2.05, 4.69) is 4.72 Å². The first-order valence-electron chi connectivity index (χ1n) is 6.67. The van der Waals surface area contributed by atoms with Gasteiger partial charge in [-0.1, -0.05) is 0 Å². The topological polar surface area (TPSA) is 60.3 Å². The van der Waals surface area contributed by atoms with E-state index in [1.165, 1.54) is 0 Å². The smallest absolute Gasteiger partial charge is 0.240 e. The van der Waals surface area contributed by atoms with Gasteiger partial charge in [0.1, 0.15) is 5.75 Å². The van der Waals surface area contributed by atoms with Crippen molar-refractivity contribution in [2.24, 2.45) is 7.05 Å². The van der Waals surface area contributed by atoms with Crippen LogP contribution in [0.2, 0.25) is 0 Å². The molecule has 1 aromatic heterocycles. The predicted octanol–water partition coefficient (Wildman–Crippen LogP) is 1.86. The molecule has 6 heteroatoms. The van der Waals surface area contributed by atoms with E-state index >= 15 is 0 Å². The molecule has 0 spiro atoms. The predicted molar refractivity (Wildman–Crippen MR) is 82.0 cm³/mol. The third-order valence-corrected chi connectivity index (χ3v) is 4.73. The summed E-state index contributed by atoms with van der Waals surface area (Å²) in [5.41, 5.74) is 1.90. The zero-order valence-corrected chi connectivity index (χ0v) is 13.3. The van der Waals surface area contributed by atoms with Gasteiger partial charge in [0.15, 0.2) is 0 Å². The quantitative estimate of drug-likeness (QED) is 0.886. The van der Waals surface area contributed by atoms with Crippen molar-refractivity contribution in [3.05, 3.63) is 47.8 Å². The fraction of sp³-hybridized carbons (Fsp3) is 0.333. The first-order chi connectivity index (χ1) is 9.92. The minimum absolute atomic E-state index is 0.258. The lowest BCUT2D eigenvalue weighted by Gasteiger charge is -2.09. The molecule has 0 aliphatic rings. The molecule has 0 saturated carbocycles. The fourth-order valence-electron chi connectivity index (χ4n) is 2.14. The van der Waals surface area contributed by atoms with Crippen molar-refractivity contribution in [1.82, 2.24) is 9.29 Å². The van der Waals surface area contributed by atoms with Crippen LogP contribution in [-0.2, 0) is 23.5 Å². The van der Waals surface area contributed by atoms with Gasteiger partial charge in [-0.15, -0.1) is 0 Å². The second-order valence-corrected chi connectivity index (χ2v) is 6.73. The third-order valence-electron chi connectivity index (χ3n) is 3.28. The molecule has 5 nitrogen and oxygen atoms in total. The standard InChI is InChI=1S/C15H20N2O3S/c1-12-10-14(4-5-15(12)20-3)21(18,19)16-8-6-13-7-9-17(2)11-13/h4-5,7,9-11,16H,6,8H2,1-3H3. The van der Waals surface area contributed by atoms with Crippen LogP contribution in [0.3, 0.4) is 0 Å². The van der Waals surface area contributed by atoms with Crippen LogP contribution < -0.4 is 9.46 Å². The summed E-state index contributed by atoms with van der Waals surface area (Å²) in [6, 6.07) is 6.81. The highest BCUT2D eigenvalue weighted by Gasteiger charge is 2.14. The normalized spacial score (nSPS) is 11.6. The van der Waals surface area contributed by atoms with Crippen LogP contribution in [0.15, 0.2) is 41.6 Å². The first kappa shape index (κ1) is 15.6. The van der Waals surface area contributed by atoms with E-state index in [1.807, 2.05) is 37.0 Å². The van der Waals surface area contributed by atoms with Crippen LogP contribution in [0.5, 0.6) is 5.75 Å². The molecular weight excluding hydrogens is 288 g/mol. The maximum atomic E-state index is 12.2. The monoisotopic (exact) mass is 308 g/mol. The number of hydrogen-bond donors (Lipinski definition) is 1. The molecule has 2 rings (SSSR count). The van der Waals surface area contributed by atoms with Crippen LogP contribution in [0.1, 0.15) is 11.1 Å². The van der Waals surface area contributed by atoms with E-state index < -0.39 is 10.0 Å². The minimum atomic E-state index is -3.48. The number of rotatable bonds is 6. The Bertz CT molecular complexity index is 720. The number of benzene rings is 1. The summed E-state index contributed by atoms with van der Waals surface area (Å²) in [4.78, 5) is 0.258. The zero-order chi connectivity index (χ0) is 15.5. The van der Waals surface area contributed by atoms with E-state index in [9.17, 15) is 8.42 Å². The summed E-state index contributed by atoms with van der Waals surface area (Å²) >= 11 is 0. The second kappa shape index (κ2) is 6.32. The Morgan fingerprint density at radius 3 is 2.62 bits per heavy atom. The van der Waals surface area contributed by atoms with Gasteiger partial charge in [-0.3, -0.25) is 0 Å². The van der Waals surface area contributed by atoms with Gasteiger partial charge in [-0.2, -0.15) is 0 Å². The maximum absolute atomic E-state index is 12.2. The summed E-state index contributed by atoms with van der Waals surface area (Å²) < 4.78 is 34.1. The van der Waals surface area contributed by atoms with Crippen molar-refractivity contribution in [2.75, 3.05) is 13.7 Å². The molecule has 0 aliphatic carbocycles. The van der Waals surface area contributed by atoms with Crippen LogP contribution in [0, 0.1) is 6.92 Å². The van der Waals surface area contributed by atoms with Crippen LogP contribution in [0.25, 0.3) is 0 Å². The summed E-state index contributed by atoms with van der Waals surface area (Å²) in [6.07, 6.45) is 4.58. The van der Waals surface area contributed by atoms with Gasteiger partial charge in [-0.05, 0) is 48.7 Å². The van der Waals surface area contributed by atoms with Gasteiger partial charge < -0.3 is 9.30 Å². The maximum Gasteiger partial charge on any atom is 0.240 e. The van der Waals surface area contributed by atoms with Crippen molar-refractivity contribution in [3.8, 4) is 5.75 Å². The average molecular weight is 308 g/mol. The molecular formula is C15H20N2O3S. The van der Waals surface area contributed by atoms with Crippen LogP contribution in [0.4, 0.5) is 0 Å². The lowest BCUT2D eigenvalue weighted by Crippen LogP contribution is -2.26. The van der Waals surface area contributed by atoms with E-state index in [1.54, 1.807) is 25.3 Å². The van der Waals surface area contributed by atoms with Crippen molar-refractivity contribution in [2.45, 2.75) is 18.2 Å². The van der Waals surface area contributed by atoms with Gasteiger partial charge >= 0.3 is 0 Å². The Morgan fingerprint density at radius 1 is 1.29 bits per heavy atom. The number of ether oxygens (including phenoxy) is 1. The van der Waals surface area contributed by atoms with Crippen LogP contribution in [-0.4, -0.2) is 26.6 Å². The zero-order valence-electron chi connectivity index (χ0n) is 12.5. The molecule has 114 valence electrons. The molecule has 1 N–H and O–H groups in total. The number of aromatic nitrogens is 1. The molecule has 2 aromatic rings. The molecule has 0 fully saturated rings. The Kier molecular flexibility index (Phi) is 4.69. The lowest BCUT2D eigenvalue weighted by molar-refractivity contribution is 0.411. The molecule has 0 radical (unpaired) electrons. The van der Waals surface area contributed by atoms with Gasteiger partial charge in [-0.25, -0.2) is 13.1 Å². The first-order valence-corrected chi connectivity index (χ1v) is 8.16. The third kappa shape index (κ3) is 3.86. The summed E-state index contributed by atoms with van der Waals surface area (Å²) in [5, 5.41) is 0. The van der Waals surface area contributed by atoms with E-state index in [-0.39, 0.29) is 4.90 Å². The molecule has 0 aliphatic heterocycles. The molecule has 0 atom stereocenters. The Hall–Kier alpha value is -1.79. The summed E-state index contributed by atoms with van der Waals surface area (Å²) in [5.74, 6) is 0.679. The average Bonchev–Trinajstić information content (AvgIpc) is 2.84. The SMILES string of the molecule is COc1ccc(S(=O)(=O)NCCc2ccn(C)c2)cc1C. The molecule has 1 heterocycles. The van der Waals surface area contributed by atoms with Crippen molar-refractivity contribution in [3.63, 3.8) is 0 Å². The van der Waals surface area contributed by atoms with Gasteiger partial charge in [0.2, 0.25) is 10.0 Å². The molecule has 0 amide bonds. The van der Waals surface area contributed by atoms with Crippen molar-refractivity contribution in [1.29, 1.82) is 0 Å². The Morgan fingerprint density at radius 2 is 2.05 bits per heavy atom. The van der Waals surface area contributed by atoms with Gasteiger partial charge in [0.05, 0.1) is 12.0 Å². The molecule has 0 unspecified atom stereocenters. The van der Waals surface area contributed by atoms with Gasteiger partial charge in [0, 0.05) is 26.0 Å². The largest absolute Gasteiger partial charge is 0.496 e. The molecule has 1 aromatic carbocycles. The Labute approximate surface area is 125 Å². The molecule has 0 bridgehead atoms. The fourth-order valence-corrected chi connectivity index (χ4v) is 3.26. The van der Waals surface area contributed by atoms with Crippen molar-refractivity contribution < 1.29 is 13.2 Å². The van der Waals surface area contributed by atoms with E-state index in [0.717, 1.165) is 11.1 Å². The van der Waals surface area contributed by atoms with Crippen LogP contribution >= 0.6 is 0 Å². The number of aryl methyl sites for hydroxylation is 2. The number of hydrogen-bond acceptors (Lipinski definition) is 3. The Balaban J connectivity index is 2.02. The lowest BCUT2D eigenvalue weighted by atomic mass is 10.2. The number of sulfonamides is 1. The highest BCUT2D eigenvalue weighted by molar-refractivity contribution is 7.89. The van der Waals surface area contributed by atoms with Crippen molar-refractivity contribution >= 4 is 10.0 Å². The van der Waals surface area contributed by atoms with Gasteiger partial charge in [0.25, 0.3) is 0 Å². The highest BCUT2D eigenvalue weighted by atomic mass is 32.2. The number of nitrogens with one attached hydrogen (secondary N) is 1. The molecule has 21 heavy (non-hydrogen) atoms. The number of nitrogens with zero attached hydrogens (tertiary/aromatic N) is 1. The molecule has 0 saturated heterocycles. The second-order valence-electron chi connectivity index (χ2n) is 4.96. The minimum Gasteiger partial charge on any atom is -0.496 e. The summed E-state index contributed by atoms with van der Waals surface area (Å²) in [6.45, 7) is 2.19. The number of methoxy groups -OCH3 is 1. The van der Waals surface area contributed by atoms with E-state index in [0.29, 0.717) is 18.7 Å². The van der Waals surface area contributed by atoms with E-state index in [4.69, 9.17) is 4.74 Å².